The summed E-state index contributed by atoms with van der Waals surface area (Å²) in [6.45, 7) is 0.411. The van der Waals surface area contributed by atoms with E-state index in [1.807, 2.05) is 54.6 Å². The summed E-state index contributed by atoms with van der Waals surface area (Å²) in [6.07, 6.45) is 3.41. The molecule has 2 aromatic carbocycles. The van der Waals surface area contributed by atoms with Gasteiger partial charge in [0.2, 0.25) is 5.82 Å². The molecule has 0 saturated carbocycles. The fraction of sp³-hybridized carbons (Fsp3) is 0.0769. The van der Waals surface area contributed by atoms with Crippen molar-refractivity contribution in [2.45, 2.75) is 6.54 Å². The van der Waals surface area contributed by atoms with Gasteiger partial charge in [-0.15, -0.1) is 5.10 Å². The molecule has 6 rings (SSSR count). The molecule has 0 bridgehead atoms. The Kier molecular flexibility index (Phi) is 4.66. The lowest BCUT2D eigenvalue weighted by Crippen LogP contribution is -2.05. The molecule has 1 N–H and O–H groups in total. The van der Waals surface area contributed by atoms with Crippen LogP contribution in [-0.4, -0.2) is 40.8 Å². The first-order valence-electron chi connectivity index (χ1n) is 10.8. The van der Waals surface area contributed by atoms with Gasteiger partial charge in [0.1, 0.15) is 17.7 Å². The van der Waals surface area contributed by atoms with Crippen LogP contribution in [0.15, 0.2) is 91.4 Å². The van der Waals surface area contributed by atoms with Crippen molar-refractivity contribution in [2.24, 2.45) is 0 Å². The van der Waals surface area contributed by atoms with Crippen LogP contribution in [0.1, 0.15) is 0 Å². The van der Waals surface area contributed by atoms with Crippen LogP contribution in [0.4, 0.5) is 0 Å². The summed E-state index contributed by atoms with van der Waals surface area (Å²) in [5.41, 5.74) is 6.27. The molecule has 4 heterocycles. The normalized spacial score (nSPS) is 11.4. The fourth-order valence-electron chi connectivity index (χ4n) is 4.34. The number of hydrogen-bond donors (Lipinski definition) is 1. The Morgan fingerprint density at radius 1 is 0.758 bits per heavy atom. The van der Waals surface area contributed by atoms with E-state index in [1.165, 1.54) is 0 Å². The average Bonchev–Trinajstić information content (AvgIpc) is 3.45. The van der Waals surface area contributed by atoms with E-state index in [9.17, 15) is 5.11 Å². The van der Waals surface area contributed by atoms with Gasteiger partial charge in [0.15, 0.2) is 5.65 Å². The minimum Gasteiger partial charge on any atom is -0.395 e. The molecule has 0 aliphatic heterocycles. The van der Waals surface area contributed by atoms with Crippen molar-refractivity contribution >= 4 is 16.7 Å². The molecule has 0 amide bonds. The minimum absolute atomic E-state index is 0.00339. The van der Waals surface area contributed by atoms with Crippen molar-refractivity contribution in [1.29, 1.82) is 0 Å². The molecule has 0 aliphatic carbocycles. The number of nitrogens with zero attached hydrogens (tertiary/aromatic N) is 6. The lowest BCUT2D eigenvalue weighted by molar-refractivity contribution is 0.278. The van der Waals surface area contributed by atoms with Gasteiger partial charge in [0.05, 0.1) is 17.7 Å². The van der Waals surface area contributed by atoms with Crippen LogP contribution < -0.4 is 0 Å². The Hall–Kier alpha value is -4.36. The quantitative estimate of drug-likeness (QED) is 0.435. The molecule has 4 aromatic heterocycles. The predicted molar refractivity (Wildman–Crippen MR) is 127 cm³/mol. The summed E-state index contributed by atoms with van der Waals surface area (Å²) in [4.78, 5) is 14.0. The summed E-state index contributed by atoms with van der Waals surface area (Å²) in [7, 11) is 0. The highest BCUT2D eigenvalue weighted by Crippen LogP contribution is 2.41. The van der Waals surface area contributed by atoms with E-state index in [1.54, 1.807) is 17.0 Å². The SMILES string of the molecule is OCCn1c(-c2ccccc2)c(-c2ccccc2)c2c1ncn1nc(-c3ccccn3)nc21. The number of pyridine rings is 1. The summed E-state index contributed by atoms with van der Waals surface area (Å²) >= 11 is 0. The van der Waals surface area contributed by atoms with Crippen LogP contribution in [0.2, 0.25) is 0 Å². The lowest BCUT2D eigenvalue weighted by atomic mass is 9.99. The Morgan fingerprint density at radius 2 is 1.48 bits per heavy atom. The molecule has 6 aromatic rings. The van der Waals surface area contributed by atoms with E-state index in [0.717, 1.165) is 33.4 Å². The van der Waals surface area contributed by atoms with Crippen LogP contribution in [0, 0.1) is 0 Å². The van der Waals surface area contributed by atoms with Crippen molar-refractivity contribution in [3.05, 3.63) is 91.4 Å². The van der Waals surface area contributed by atoms with Gasteiger partial charge in [-0.1, -0.05) is 66.7 Å². The first-order valence-corrected chi connectivity index (χ1v) is 10.8. The molecular formula is C26H20N6O. The van der Waals surface area contributed by atoms with Crippen LogP contribution in [0.5, 0.6) is 0 Å². The number of benzene rings is 2. The first kappa shape index (κ1) is 19.3. The van der Waals surface area contributed by atoms with Gasteiger partial charge in [0, 0.05) is 18.3 Å². The molecule has 0 spiro atoms. The number of aliphatic hydroxyl groups is 1. The van der Waals surface area contributed by atoms with Crippen molar-refractivity contribution in [2.75, 3.05) is 6.61 Å². The van der Waals surface area contributed by atoms with Crippen LogP contribution in [-0.2, 0) is 6.54 Å². The zero-order valence-corrected chi connectivity index (χ0v) is 17.7. The van der Waals surface area contributed by atoms with Crippen molar-refractivity contribution < 1.29 is 5.11 Å². The van der Waals surface area contributed by atoms with E-state index in [2.05, 4.69) is 38.9 Å². The first-order chi connectivity index (χ1) is 16.3. The Labute approximate surface area is 189 Å². The second-order valence-corrected chi connectivity index (χ2v) is 7.69. The summed E-state index contributed by atoms with van der Waals surface area (Å²) in [5, 5.41) is 15.4. The van der Waals surface area contributed by atoms with E-state index in [-0.39, 0.29) is 6.61 Å². The van der Waals surface area contributed by atoms with Crippen molar-refractivity contribution in [1.82, 2.24) is 29.1 Å². The number of aliphatic hydroxyl groups excluding tert-OH is 1. The van der Waals surface area contributed by atoms with Crippen LogP contribution >= 0.6 is 0 Å². The fourth-order valence-corrected chi connectivity index (χ4v) is 4.34. The molecular weight excluding hydrogens is 412 g/mol. The van der Waals surface area contributed by atoms with Crippen LogP contribution in [0.3, 0.4) is 0 Å². The van der Waals surface area contributed by atoms with Gasteiger partial charge in [-0.25, -0.2) is 14.5 Å². The lowest BCUT2D eigenvalue weighted by Gasteiger charge is -2.11. The molecule has 0 fully saturated rings. The molecule has 0 unspecified atom stereocenters. The van der Waals surface area contributed by atoms with Crippen molar-refractivity contribution in [3.63, 3.8) is 0 Å². The standard InChI is InChI=1S/C26H20N6O/c33-16-15-31-23(19-11-5-2-6-12-19)21(18-9-3-1-4-10-18)22-25(31)28-17-32-26(22)29-24(30-32)20-13-7-8-14-27-20/h1-14,17,33H,15-16H2. The molecule has 0 atom stereocenters. The van der Waals surface area contributed by atoms with Gasteiger partial charge in [-0.2, -0.15) is 0 Å². The highest BCUT2D eigenvalue weighted by molar-refractivity contribution is 6.09. The third-order valence-electron chi connectivity index (χ3n) is 5.71. The Morgan fingerprint density at radius 3 is 2.18 bits per heavy atom. The van der Waals surface area contributed by atoms with Gasteiger partial charge >= 0.3 is 0 Å². The highest BCUT2D eigenvalue weighted by atomic mass is 16.3. The van der Waals surface area contributed by atoms with E-state index >= 15 is 0 Å². The Balaban J connectivity index is 1.76. The highest BCUT2D eigenvalue weighted by Gasteiger charge is 2.24. The maximum atomic E-state index is 9.91. The maximum Gasteiger partial charge on any atom is 0.200 e. The third kappa shape index (κ3) is 3.18. The summed E-state index contributed by atoms with van der Waals surface area (Å²) in [6, 6.07) is 26.1. The molecule has 33 heavy (non-hydrogen) atoms. The number of hydrogen-bond acceptors (Lipinski definition) is 5. The minimum atomic E-state index is -0.00339. The maximum absolute atomic E-state index is 9.91. The largest absolute Gasteiger partial charge is 0.395 e. The molecule has 160 valence electrons. The third-order valence-corrected chi connectivity index (χ3v) is 5.71. The summed E-state index contributed by atoms with van der Waals surface area (Å²) < 4.78 is 3.78. The smallest absolute Gasteiger partial charge is 0.200 e. The monoisotopic (exact) mass is 432 g/mol. The number of aromatic nitrogens is 6. The molecule has 7 nitrogen and oxygen atoms in total. The summed E-state index contributed by atoms with van der Waals surface area (Å²) in [5.74, 6) is 0.542. The predicted octanol–water partition coefficient (Wildman–Crippen LogP) is 4.47. The molecule has 0 radical (unpaired) electrons. The molecule has 0 aliphatic rings. The van der Waals surface area contributed by atoms with Crippen molar-refractivity contribution in [3.8, 4) is 33.9 Å². The zero-order valence-electron chi connectivity index (χ0n) is 17.7. The van der Waals surface area contributed by atoms with E-state index < -0.39 is 0 Å². The second-order valence-electron chi connectivity index (χ2n) is 7.69. The van der Waals surface area contributed by atoms with Crippen LogP contribution in [0.25, 0.3) is 50.6 Å². The van der Waals surface area contributed by atoms with Gasteiger partial charge in [-0.3, -0.25) is 4.98 Å². The zero-order chi connectivity index (χ0) is 22.2. The molecule has 7 heteroatoms. The van der Waals surface area contributed by atoms with Gasteiger partial charge in [0.25, 0.3) is 0 Å². The van der Waals surface area contributed by atoms with E-state index in [4.69, 9.17) is 9.97 Å². The van der Waals surface area contributed by atoms with E-state index in [0.29, 0.717) is 23.7 Å². The molecule has 0 saturated heterocycles. The van der Waals surface area contributed by atoms with Gasteiger partial charge < -0.3 is 9.67 Å². The number of fused-ring (bicyclic) bond motifs is 3. The number of rotatable bonds is 5. The second kappa shape index (κ2) is 7.96. The average molecular weight is 432 g/mol. The topological polar surface area (TPSA) is 81.1 Å². The Bertz CT molecular complexity index is 1560. The van der Waals surface area contributed by atoms with Gasteiger partial charge in [-0.05, 0) is 23.3 Å².